The number of rotatable bonds is 3. The second kappa shape index (κ2) is 4.60. The van der Waals surface area contributed by atoms with Crippen molar-refractivity contribution in [2.24, 2.45) is 5.73 Å². The van der Waals surface area contributed by atoms with Crippen LogP contribution in [0.4, 0.5) is 5.69 Å². The number of benzene rings is 1. The van der Waals surface area contributed by atoms with Crippen LogP contribution in [0.5, 0.6) is 0 Å². The standard InChI is InChI=1S/C12H15ClN2S/c1-15(9-3-2-4-9)11-6-5-8(13)7-10(11)12(14)16/h5-7,9H,2-4H2,1H3,(H2,14,16). The normalized spacial score (nSPS) is 15.6. The van der Waals surface area contributed by atoms with Gasteiger partial charge in [0.2, 0.25) is 0 Å². The molecule has 2 rings (SSSR count). The van der Waals surface area contributed by atoms with E-state index < -0.39 is 0 Å². The van der Waals surface area contributed by atoms with Gasteiger partial charge in [0.25, 0.3) is 0 Å². The predicted molar refractivity (Wildman–Crippen MR) is 73.4 cm³/mol. The van der Waals surface area contributed by atoms with E-state index in [4.69, 9.17) is 29.6 Å². The average molecular weight is 255 g/mol. The minimum absolute atomic E-state index is 0.406. The lowest BCUT2D eigenvalue weighted by atomic mass is 9.91. The van der Waals surface area contributed by atoms with Crippen molar-refractivity contribution in [2.45, 2.75) is 25.3 Å². The van der Waals surface area contributed by atoms with E-state index in [1.165, 1.54) is 19.3 Å². The van der Waals surface area contributed by atoms with Crippen LogP contribution in [-0.2, 0) is 0 Å². The molecule has 0 bridgehead atoms. The van der Waals surface area contributed by atoms with Gasteiger partial charge in [-0.3, -0.25) is 0 Å². The Morgan fingerprint density at radius 1 is 1.50 bits per heavy atom. The molecule has 0 spiro atoms. The molecule has 0 saturated heterocycles. The number of thiocarbonyl (C=S) groups is 1. The third kappa shape index (κ3) is 2.15. The molecule has 0 unspecified atom stereocenters. The van der Waals surface area contributed by atoms with Gasteiger partial charge in [0.1, 0.15) is 4.99 Å². The molecule has 1 fully saturated rings. The van der Waals surface area contributed by atoms with Crippen LogP contribution < -0.4 is 10.6 Å². The first-order valence-corrected chi connectivity index (χ1v) is 6.20. The summed E-state index contributed by atoms with van der Waals surface area (Å²) in [5.41, 5.74) is 7.68. The third-order valence-corrected chi connectivity index (χ3v) is 3.68. The SMILES string of the molecule is CN(c1ccc(Cl)cc1C(N)=S)C1CCC1. The van der Waals surface area contributed by atoms with Crippen molar-refractivity contribution in [1.29, 1.82) is 0 Å². The van der Waals surface area contributed by atoms with Crippen molar-refractivity contribution >= 4 is 34.5 Å². The van der Waals surface area contributed by atoms with E-state index in [1.54, 1.807) is 0 Å². The Labute approximate surface area is 106 Å². The number of anilines is 1. The Morgan fingerprint density at radius 3 is 2.69 bits per heavy atom. The van der Waals surface area contributed by atoms with Gasteiger partial charge in [-0.15, -0.1) is 0 Å². The Balaban J connectivity index is 2.34. The van der Waals surface area contributed by atoms with Gasteiger partial charge in [0.15, 0.2) is 0 Å². The highest BCUT2D eigenvalue weighted by Crippen LogP contribution is 2.31. The molecule has 16 heavy (non-hydrogen) atoms. The number of halogens is 1. The maximum absolute atomic E-state index is 5.96. The van der Waals surface area contributed by atoms with Crippen LogP contribution in [0.2, 0.25) is 5.02 Å². The summed E-state index contributed by atoms with van der Waals surface area (Å²) in [4.78, 5) is 2.66. The smallest absolute Gasteiger partial charge is 0.106 e. The summed E-state index contributed by atoms with van der Waals surface area (Å²) in [5, 5.41) is 0.675. The molecule has 86 valence electrons. The van der Waals surface area contributed by atoms with E-state index in [-0.39, 0.29) is 0 Å². The first kappa shape index (κ1) is 11.7. The molecule has 0 atom stereocenters. The lowest BCUT2D eigenvalue weighted by Gasteiger charge is -2.37. The molecule has 0 amide bonds. The van der Waals surface area contributed by atoms with Crippen LogP contribution in [0.1, 0.15) is 24.8 Å². The fourth-order valence-electron chi connectivity index (χ4n) is 1.98. The number of hydrogen-bond donors (Lipinski definition) is 1. The molecule has 0 heterocycles. The van der Waals surface area contributed by atoms with Crippen LogP contribution in [0.15, 0.2) is 18.2 Å². The fraction of sp³-hybridized carbons (Fsp3) is 0.417. The van der Waals surface area contributed by atoms with Crippen molar-refractivity contribution in [3.05, 3.63) is 28.8 Å². The predicted octanol–water partition coefficient (Wildman–Crippen LogP) is 2.96. The molecule has 0 aromatic heterocycles. The van der Waals surface area contributed by atoms with E-state index in [0.29, 0.717) is 16.1 Å². The van der Waals surface area contributed by atoms with Gasteiger partial charge in [-0.05, 0) is 37.5 Å². The summed E-state index contributed by atoms with van der Waals surface area (Å²) in [7, 11) is 2.09. The van der Waals surface area contributed by atoms with Crippen molar-refractivity contribution in [3.8, 4) is 0 Å². The highest BCUT2D eigenvalue weighted by Gasteiger charge is 2.24. The van der Waals surface area contributed by atoms with Gasteiger partial charge in [-0.1, -0.05) is 23.8 Å². The van der Waals surface area contributed by atoms with Gasteiger partial charge < -0.3 is 10.6 Å². The van der Waals surface area contributed by atoms with Gasteiger partial charge in [-0.25, -0.2) is 0 Å². The summed E-state index contributed by atoms with van der Waals surface area (Å²) in [6.45, 7) is 0. The van der Waals surface area contributed by atoms with E-state index in [1.807, 2.05) is 18.2 Å². The number of hydrogen-bond acceptors (Lipinski definition) is 2. The van der Waals surface area contributed by atoms with Crippen LogP contribution in [-0.4, -0.2) is 18.1 Å². The average Bonchev–Trinajstić information content (AvgIpc) is 2.14. The zero-order valence-corrected chi connectivity index (χ0v) is 10.8. The molecule has 1 aliphatic carbocycles. The quantitative estimate of drug-likeness (QED) is 0.841. The lowest BCUT2D eigenvalue weighted by molar-refractivity contribution is 0.401. The minimum atomic E-state index is 0.406. The van der Waals surface area contributed by atoms with E-state index in [2.05, 4.69) is 11.9 Å². The largest absolute Gasteiger partial charge is 0.389 e. The summed E-state index contributed by atoms with van der Waals surface area (Å²) < 4.78 is 0. The van der Waals surface area contributed by atoms with Crippen molar-refractivity contribution in [1.82, 2.24) is 0 Å². The van der Waals surface area contributed by atoms with E-state index in [0.717, 1.165) is 11.3 Å². The molecule has 1 aromatic carbocycles. The Hall–Kier alpha value is -0.800. The summed E-state index contributed by atoms with van der Waals surface area (Å²) in [6, 6.07) is 6.34. The minimum Gasteiger partial charge on any atom is -0.389 e. The molecular formula is C12H15ClN2S. The highest BCUT2D eigenvalue weighted by molar-refractivity contribution is 7.80. The van der Waals surface area contributed by atoms with Crippen LogP contribution >= 0.6 is 23.8 Å². The topological polar surface area (TPSA) is 29.3 Å². The Morgan fingerprint density at radius 2 is 2.19 bits per heavy atom. The van der Waals surface area contributed by atoms with Crippen LogP contribution in [0.25, 0.3) is 0 Å². The molecule has 0 radical (unpaired) electrons. The molecule has 1 saturated carbocycles. The van der Waals surface area contributed by atoms with Crippen molar-refractivity contribution < 1.29 is 0 Å². The zero-order chi connectivity index (χ0) is 11.7. The molecule has 4 heteroatoms. The van der Waals surface area contributed by atoms with E-state index in [9.17, 15) is 0 Å². The summed E-state index contributed by atoms with van der Waals surface area (Å²) >= 11 is 11.0. The van der Waals surface area contributed by atoms with Gasteiger partial charge in [0, 0.05) is 29.4 Å². The number of nitrogens with two attached hydrogens (primary N) is 1. The third-order valence-electron chi connectivity index (χ3n) is 3.23. The molecule has 0 aliphatic heterocycles. The van der Waals surface area contributed by atoms with Gasteiger partial charge >= 0.3 is 0 Å². The van der Waals surface area contributed by atoms with Crippen LogP contribution in [0.3, 0.4) is 0 Å². The van der Waals surface area contributed by atoms with E-state index >= 15 is 0 Å². The molecule has 1 aliphatic rings. The summed E-state index contributed by atoms with van der Waals surface area (Å²) in [5.74, 6) is 0. The first-order valence-electron chi connectivity index (χ1n) is 5.42. The molecular weight excluding hydrogens is 240 g/mol. The lowest BCUT2D eigenvalue weighted by Crippen LogP contribution is -2.38. The Bertz CT molecular complexity index is 415. The summed E-state index contributed by atoms with van der Waals surface area (Å²) in [6.07, 6.45) is 3.80. The van der Waals surface area contributed by atoms with Crippen molar-refractivity contribution in [2.75, 3.05) is 11.9 Å². The second-order valence-corrected chi connectivity index (χ2v) is 5.10. The van der Waals surface area contributed by atoms with Gasteiger partial charge in [-0.2, -0.15) is 0 Å². The highest BCUT2D eigenvalue weighted by atomic mass is 35.5. The molecule has 2 nitrogen and oxygen atoms in total. The first-order chi connectivity index (χ1) is 7.59. The van der Waals surface area contributed by atoms with Crippen LogP contribution in [0, 0.1) is 0 Å². The van der Waals surface area contributed by atoms with Gasteiger partial charge in [0.05, 0.1) is 0 Å². The van der Waals surface area contributed by atoms with Crippen molar-refractivity contribution in [3.63, 3.8) is 0 Å². The monoisotopic (exact) mass is 254 g/mol. The second-order valence-electron chi connectivity index (χ2n) is 4.22. The fourth-order valence-corrected chi connectivity index (χ4v) is 2.32. The Kier molecular flexibility index (Phi) is 3.36. The zero-order valence-electron chi connectivity index (χ0n) is 9.24. The molecule has 1 aromatic rings. The number of nitrogens with zero attached hydrogens (tertiary/aromatic N) is 1. The molecule has 2 N–H and O–H groups in total. The maximum atomic E-state index is 5.96. The maximum Gasteiger partial charge on any atom is 0.106 e.